The molecular formula is C22H28ClN3O3. The highest BCUT2D eigenvalue weighted by Crippen LogP contribution is 2.28. The molecular weight excluding hydrogens is 390 g/mol. The van der Waals surface area contributed by atoms with Crippen LogP contribution in [0.15, 0.2) is 42.5 Å². The predicted octanol–water partition coefficient (Wildman–Crippen LogP) is 3.30. The highest BCUT2D eigenvalue weighted by Gasteiger charge is 2.19. The van der Waals surface area contributed by atoms with Crippen molar-refractivity contribution >= 4 is 23.2 Å². The number of methoxy groups -OCH3 is 2. The normalized spacial score (nSPS) is 14.5. The van der Waals surface area contributed by atoms with Gasteiger partial charge in [-0.3, -0.25) is 9.69 Å². The van der Waals surface area contributed by atoms with Crippen LogP contribution in [0.1, 0.15) is 16.8 Å². The smallest absolute Gasteiger partial charge is 0.258 e. The summed E-state index contributed by atoms with van der Waals surface area (Å²) >= 11 is 5.97. The molecule has 0 atom stereocenters. The Bertz CT molecular complexity index is 783. The lowest BCUT2D eigenvalue weighted by Crippen LogP contribution is -2.47. The lowest BCUT2D eigenvalue weighted by Gasteiger charge is -2.36. The number of rotatable bonds is 8. The minimum atomic E-state index is -0.174. The molecule has 1 heterocycles. The van der Waals surface area contributed by atoms with Crippen molar-refractivity contribution in [1.82, 2.24) is 10.2 Å². The maximum atomic E-state index is 12.6. The van der Waals surface area contributed by atoms with Gasteiger partial charge in [-0.1, -0.05) is 17.7 Å². The van der Waals surface area contributed by atoms with Gasteiger partial charge in [0.2, 0.25) is 0 Å². The first-order chi connectivity index (χ1) is 14.1. The number of nitrogens with one attached hydrogen (secondary N) is 1. The zero-order valence-electron chi connectivity index (χ0n) is 17.0. The van der Waals surface area contributed by atoms with Gasteiger partial charge in [-0.05, 0) is 49.4 Å². The van der Waals surface area contributed by atoms with Crippen molar-refractivity contribution in [2.75, 3.05) is 58.4 Å². The first-order valence-electron chi connectivity index (χ1n) is 9.84. The van der Waals surface area contributed by atoms with Crippen molar-refractivity contribution < 1.29 is 14.3 Å². The van der Waals surface area contributed by atoms with Gasteiger partial charge < -0.3 is 19.7 Å². The van der Waals surface area contributed by atoms with Crippen LogP contribution in [0.2, 0.25) is 5.02 Å². The molecule has 0 bridgehead atoms. The minimum Gasteiger partial charge on any atom is -0.496 e. The molecule has 1 aliphatic heterocycles. The van der Waals surface area contributed by atoms with Crippen LogP contribution in [0.25, 0.3) is 0 Å². The SMILES string of the molecule is COc1cccc(OC)c1C(=O)NCCCN1CCN(c2ccc(Cl)cc2)CC1. The maximum absolute atomic E-state index is 12.6. The van der Waals surface area contributed by atoms with Crippen molar-refractivity contribution in [1.29, 1.82) is 0 Å². The summed E-state index contributed by atoms with van der Waals surface area (Å²) in [5.41, 5.74) is 1.65. The second-order valence-corrected chi connectivity index (χ2v) is 7.39. The predicted molar refractivity (Wildman–Crippen MR) is 117 cm³/mol. The lowest BCUT2D eigenvalue weighted by atomic mass is 10.1. The fraction of sp³-hybridized carbons (Fsp3) is 0.409. The Morgan fingerprint density at radius 1 is 1.00 bits per heavy atom. The minimum absolute atomic E-state index is 0.174. The van der Waals surface area contributed by atoms with Crippen LogP contribution in [0.3, 0.4) is 0 Å². The molecule has 1 fully saturated rings. The van der Waals surface area contributed by atoms with E-state index < -0.39 is 0 Å². The van der Waals surface area contributed by atoms with E-state index in [0.717, 1.165) is 44.2 Å². The van der Waals surface area contributed by atoms with Gasteiger partial charge in [0.1, 0.15) is 17.1 Å². The van der Waals surface area contributed by atoms with E-state index in [1.54, 1.807) is 32.4 Å². The van der Waals surface area contributed by atoms with E-state index in [9.17, 15) is 4.79 Å². The largest absolute Gasteiger partial charge is 0.496 e. The van der Waals surface area contributed by atoms with E-state index >= 15 is 0 Å². The van der Waals surface area contributed by atoms with Crippen molar-refractivity contribution in [3.8, 4) is 11.5 Å². The van der Waals surface area contributed by atoms with E-state index in [-0.39, 0.29) is 5.91 Å². The van der Waals surface area contributed by atoms with E-state index in [4.69, 9.17) is 21.1 Å². The molecule has 29 heavy (non-hydrogen) atoms. The first kappa shape index (κ1) is 21.3. The van der Waals surface area contributed by atoms with Crippen LogP contribution in [0, 0.1) is 0 Å². The number of anilines is 1. The van der Waals surface area contributed by atoms with Crippen LogP contribution in [-0.2, 0) is 0 Å². The third-order valence-electron chi connectivity index (χ3n) is 5.16. The molecule has 3 rings (SSSR count). The maximum Gasteiger partial charge on any atom is 0.258 e. The van der Waals surface area contributed by atoms with Gasteiger partial charge in [0.15, 0.2) is 0 Å². The molecule has 0 aromatic heterocycles. The zero-order chi connectivity index (χ0) is 20.6. The summed E-state index contributed by atoms with van der Waals surface area (Å²) in [5.74, 6) is 0.854. The number of carbonyl (C=O) groups excluding carboxylic acids is 1. The number of ether oxygens (including phenoxy) is 2. The number of nitrogens with zero attached hydrogens (tertiary/aromatic N) is 2. The molecule has 0 aliphatic carbocycles. The Hall–Kier alpha value is -2.44. The molecule has 2 aromatic carbocycles. The summed E-state index contributed by atoms with van der Waals surface area (Å²) in [6.45, 7) is 5.57. The molecule has 7 heteroatoms. The standard InChI is InChI=1S/C22H28ClN3O3/c1-28-19-5-3-6-20(29-2)21(19)22(27)24-11-4-12-25-13-15-26(16-14-25)18-9-7-17(23)8-10-18/h3,5-10H,4,11-16H2,1-2H3,(H,24,27). The molecule has 1 aliphatic rings. The average Bonchev–Trinajstić information content (AvgIpc) is 2.77. The lowest BCUT2D eigenvalue weighted by molar-refractivity contribution is 0.0945. The fourth-order valence-electron chi connectivity index (χ4n) is 3.55. The number of halogens is 1. The van der Waals surface area contributed by atoms with Gasteiger partial charge in [-0.15, -0.1) is 0 Å². The molecule has 1 N–H and O–H groups in total. The van der Waals surface area contributed by atoms with E-state index in [2.05, 4.69) is 27.2 Å². The highest BCUT2D eigenvalue weighted by atomic mass is 35.5. The van der Waals surface area contributed by atoms with Gasteiger partial charge in [0, 0.05) is 43.4 Å². The number of piperazine rings is 1. The summed E-state index contributed by atoms with van der Waals surface area (Å²) in [7, 11) is 3.10. The molecule has 156 valence electrons. The third kappa shape index (κ3) is 5.55. The molecule has 6 nitrogen and oxygen atoms in total. The van der Waals surface area contributed by atoms with Crippen LogP contribution in [0.4, 0.5) is 5.69 Å². The first-order valence-corrected chi connectivity index (χ1v) is 10.2. The molecule has 0 spiro atoms. The van der Waals surface area contributed by atoms with Crippen LogP contribution >= 0.6 is 11.6 Å². The van der Waals surface area contributed by atoms with Crippen molar-refractivity contribution in [3.63, 3.8) is 0 Å². The van der Waals surface area contributed by atoms with Crippen molar-refractivity contribution in [3.05, 3.63) is 53.1 Å². The number of benzene rings is 2. The average molecular weight is 418 g/mol. The zero-order valence-corrected chi connectivity index (χ0v) is 17.7. The van der Waals surface area contributed by atoms with E-state index in [0.29, 0.717) is 23.6 Å². The summed E-state index contributed by atoms with van der Waals surface area (Å²) in [6.07, 6.45) is 0.893. The van der Waals surface area contributed by atoms with E-state index in [1.807, 2.05) is 12.1 Å². The number of hydrogen-bond acceptors (Lipinski definition) is 5. The van der Waals surface area contributed by atoms with Gasteiger partial charge in [-0.25, -0.2) is 0 Å². The molecule has 0 radical (unpaired) electrons. The van der Waals surface area contributed by atoms with Gasteiger partial charge in [0.25, 0.3) is 5.91 Å². The number of hydrogen-bond donors (Lipinski definition) is 1. The van der Waals surface area contributed by atoms with Gasteiger partial charge in [-0.2, -0.15) is 0 Å². The summed E-state index contributed by atoms with van der Waals surface area (Å²) in [4.78, 5) is 17.4. The molecule has 0 unspecified atom stereocenters. The van der Waals surface area contributed by atoms with Gasteiger partial charge in [0.05, 0.1) is 14.2 Å². The van der Waals surface area contributed by atoms with Crippen molar-refractivity contribution in [2.24, 2.45) is 0 Å². The summed E-state index contributed by atoms with van der Waals surface area (Å²) < 4.78 is 10.6. The van der Waals surface area contributed by atoms with E-state index in [1.165, 1.54) is 5.69 Å². The Balaban J connectivity index is 1.41. The molecule has 2 aromatic rings. The fourth-order valence-corrected chi connectivity index (χ4v) is 3.68. The Morgan fingerprint density at radius 2 is 1.62 bits per heavy atom. The van der Waals surface area contributed by atoms with Gasteiger partial charge >= 0.3 is 0 Å². The van der Waals surface area contributed by atoms with Crippen LogP contribution in [-0.4, -0.2) is 64.3 Å². The quantitative estimate of drug-likeness (QED) is 0.668. The Kier molecular flexibility index (Phi) is 7.61. The monoisotopic (exact) mass is 417 g/mol. The number of amides is 1. The number of carbonyl (C=O) groups is 1. The van der Waals surface area contributed by atoms with Crippen molar-refractivity contribution in [2.45, 2.75) is 6.42 Å². The van der Waals surface area contributed by atoms with Crippen LogP contribution in [0.5, 0.6) is 11.5 Å². The molecule has 0 saturated carbocycles. The molecule has 1 amide bonds. The van der Waals surface area contributed by atoms with Crippen LogP contribution < -0.4 is 19.7 Å². The highest BCUT2D eigenvalue weighted by molar-refractivity contribution is 6.30. The second-order valence-electron chi connectivity index (χ2n) is 6.95. The topological polar surface area (TPSA) is 54.0 Å². The Morgan fingerprint density at radius 3 is 2.21 bits per heavy atom. The Labute approximate surface area is 177 Å². The molecule has 1 saturated heterocycles. The summed E-state index contributed by atoms with van der Waals surface area (Å²) in [6, 6.07) is 13.3. The third-order valence-corrected chi connectivity index (χ3v) is 5.41. The second kappa shape index (κ2) is 10.4. The summed E-state index contributed by atoms with van der Waals surface area (Å²) in [5, 5.41) is 3.74.